The molecule has 2 aromatic rings. The van der Waals surface area contributed by atoms with Gasteiger partial charge in [-0.1, -0.05) is 0 Å². The van der Waals surface area contributed by atoms with Crippen molar-refractivity contribution in [1.29, 1.82) is 0 Å². The zero-order valence-electron chi connectivity index (χ0n) is 8.75. The Kier molecular flexibility index (Phi) is 2.95. The fourth-order valence-electron chi connectivity index (χ4n) is 1.37. The second-order valence-corrected chi connectivity index (χ2v) is 4.99. The third-order valence-electron chi connectivity index (χ3n) is 2.21. The van der Waals surface area contributed by atoms with E-state index in [-0.39, 0.29) is 4.90 Å². The van der Waals surface area contributed by atoms with Crippen LogP contribution in [0.3, 0.4) is 0 Å². The Morgan fingerprint density at radius 3 is 2.35 bits per heavy atom. The Labute approximate surface area is 97.7 Å². The maximum Gasteiger partial charge on any atom is 0.238 e. The second kappa shape index (κ2) is 4.27. The van der Waals surface area contributed by atoms with E-state index in [1.165, 1.54) is 16.8 Å². The summed E-state index contributed by atoms with van der Waals surface area (Å²) < 4.78 is 35.8. The molecule has 1 aromatic carbocycles. The van der Waals surface area contributed by atoms with Crippen molar-refractivity contribution in [2.24, 2.45) is 5.14 Å². The smallest absolute Gasteiger partial charge is 0.238 e. The lowest BCUT2D eigenvalue weighted by Gasteiger charge is -2.02. The van der Waals surface area contributed by atoms with Crippen LogP contribution in [0, 0.1) is 0 Å². The first-order valence-corrected chi connectivity index (χ1v) is 6.29. The predicted molar refractivity (Wildman–Crippen MR) is 59.7 cm³/mol. The molecule has 0 fully saturated rings. The van der Waals surface area contributed by atoms with Gasteiger partial charge in [0.25, 0.3) is 0 Å². The van der Waals surface area contributed by atoms with E-state index in [0.29, 0.717) is 11.4 Å². The molecule has 0 amide bonds. The van der Waals surface area contributed by atoms with Gasteiger partial charge in [0, 0.05) is 6.20 Å². The summed E-state index contributed by atoms with van der Waals surface area (Å²) in [7, 11) is -3.69. The van der Waals surface area contributed by atoms with Crippen LogP contribution in [-0.2, 0) is 16.7 Å². The minimum absolute atomic E-state index is 0.0270. The average Bonchev–Trinajstić information content (AvgIpc) is 2.76. The Morgan fingerprint density at radius 2 is 1.88 bits per heavy atom. The normalized spacial score (nSPS) is 11.6. The number of aromatic nitrogens is 2. The predicted octanol–water partition coefficient (Wildman–Crippen LogP) is 0.989. The van der Waals surface area contributed by atoms with E-state index < -0.39 is 16.7 Å². The van der Waals surface area contributed by atoms with E-state index in [1.807, 2.05) is 0 Å². The van der Waals surface area contributed by atoms with E-state index in [2.05, 4.69) is 5.10 Å². The molecule has 1 aromatic heterocycles. The van der Waals surface area contributed by atoms with Crippen molar-refractivity contribution >= 4 is 10.0 Å². The Bertz CT molecular complexity index is 619. The quantitative estimate of drug-likeness (QED) is 0.888. The Balaban J connectivity index is 2.35. The first-order chi connectivity index (χ1) is 8.00. The number of hydrogen-bond acceptors (Lipinski definition) is 3. The fraction of sp³-hybridized carbons (Fsp3) is 0.100. The molecule has 0 aliphatic heterocycles. The summed E-state index contributed by atoms with van der Waals surface area (Å²) in [6.45, 7) is -0.637. The lowest BCUT2D eigenvalue weighted by Crippen LogP contribution is -2.12. The summed E-state index contributed by atoms with van der Waals surface area (Å²) >= 11 is 0. The summed E-state index contributed by atoms with van der Waals surface area (Å²) in [5, 5.41) is 8.92. The van der Waals surface area contributed by atoms with Gasteiger partial charge in [-0.3, -0.25) is 0 Å². The molecule has 0 saturated heterocycles. The maximum absolute atomic E-state index is 12.3. The van der Waals surface area contributed by atoms with Crippen molar-refractivity contribution in [3.63, 3.8) is 0 Å². The molecule has 0 aliphatic rings. The molecule has 0 radical (unpaired) electrons. The van der Waals surface area contributed by atoms with Crippen LogP contribution in [0.15, 0.2) is 41.4 Å². The topological polar surface area (TPSA) is 78.0 Å². The van der Waals surface area contributed by atoms with Gasteiger partial charge in [0.2, 0.25) is 10.0 Å². The largest absolute Gasteiger partial charge is 0.244 e. The first kappa shape index (κ1) is 11.7. The maximum atomic E-state index is 12.3. The zero-order chi connectivity index (χ0) is 12.5. The fourth-order valence-corrected chi connectivity index (χ4v) is 1.88. The number of primary sulfonamides is 1. The molecule has 0 spiro atoms. The molecule has 0 bridgehead atoms. The van der Waals surface area contributed by atoms with Crippen molar-refractivity contribution in [2.75, 3.05) is 0 Å². The van der Waals surface area contributed by atoms with E-state index >= 15 is 0 Å². The third-order valence-corrected chi connectivity index (χ3v) is 3.14. The minimum Gasteiger partial charge on any atom is -0.244 e. The number of nitrogens with zero attached hydrogens (tertiary/aromatic N) is 2. The molecule has 0 atom stereocenters. The number of hydrogen-bond donors (Lipinski definition) is 1. The molecule has 2 rings (SSSR count). The third kappa shape index (κ3) is 2.51. The number of halogens is 1. The van der Waals surface area contributed by atoms with Crippen molar-refractivity contribution < 1.29 is 12.8 Å². The van der Waals surface area contributed by atoms with Gasteiger partial charge in [-0.05, 0) is 30.3 Å². The van der Waals surface area contributed by atoms with Crippen LogP contribution < -0.4 is 5.14 Å². The van der Waals surface area contributed by atoms with Gasteiger partial charge >= 0.3 is 0 Å². The van der Waals surface area contributed by atoms with Crippen LogP contribution in [0.25, 0.3) is 5.69 Å². The lowest BCUT2D eigenvalue weighted by atomic mass is 10.3. The van der Waals surface area contributed by atoms with E-state index in [0.717, 1.165) is 0 Å². The molecule has 5 nitrogen and oxygen atoms in total. The number of sulfonamides is 1. The van der Waals surface area contributed by atoms with E-state index in [1.54, 1.807) is 24.4 Å². The van der Waals surface area contributed by atoms with Crippen LogP contribution >= 0.6 is 0 Å². The molecule has 1 heterocycles. The van der Waals surface area contributed by atoms with Gasteiger partial charge in [-0.2, -0.15) is 5.10 Å². The van der Waals surface area contributed by atoms with Crippen LogP contribution in [0.5, 0.6) is 0 Å². The van der Waals surface area contributed by atoms with Gasteiger partial charge in [0.15, 0.2) is 0 Å². The summed E-state index contributed by atoms with van der Waals surface area (Å²) in [6, 6.07) is 7.40. The van der Waals surface area contributed by atoms with Crippen LogP contribution in [0.1, 0.15) is 5.69 Å². The van der Waals surface area contributed by atoms with Gasteiger partial charge in [-0.25, -0.2) is 22.6 Å². The van der Waals surface area contributed by atoms with Crippen molar-refractivity contribution in [3.8, 4) is 5.69 Å². The summed E-state index contributed by atoms with van der Waals surface area (Å²) in [5.74, 6) is 0. The van der Waals surface area contributed by atoms with Crippen LogP contribution in [0.4, 0.5) is 4.39 Å². The van der Waals surface area contributed by atoms with E-state index in [9.17, 15) is 12.8 Å². The first-order valence-electron chi connectivity index (χ1n) is 4.74. The number of alkyl halides is 1. The highest BCUT2D eigenvalue weighted by Crippen LogP contribution is 2.12. The van der Waals surface area contributed by atoms with Crippen molar-refractivity contribution in [2.45, 2.75) is 11.6 Å². The van der Waals surface area contributed by atoms with Crippen molar-refractivity contribution in [1.82, 2.24) is 9.78 Å². The van der Waals surface area contributed by atoms with Gasteiger partial charge < -0.3 is 0 Å². The summed E-state index contributed by atoms with van der Waals surface area (Å²) in [5.41, 5.74) is 0.956. The van der Waals surface area contributed by atoms with Crippen molar-refractivity contribution in [3.05, 3.63) is 42.2 Å². The second-order valence-electron chi connectivity index (χ2n) is 3.42. The van der Waals surface area contributed by atoms with Gasteiger partial charge in [0.1, 0.15) is 6.67 Å². The molecule has 7 heteroatoms. The molecule has 0 saturated carbocycles. The number of rotatable bonds is 3. The standard InChI is InChI=1S/C10H10FN3O2S/c11-7-8-5-6-14(13-8)9-1-3-10(4-2-9)17(12,15)16/h1-6H,7H2,(H2,12,15,16). The molecule has 90 valence electrons. The van der Waals surface area contributed by atoms with Crippen LogP contribution in [0.2, 0.25) is 0 Å². The Morgan fingerprint density at radius 1 is 1.24 bits per heavy atom. The molecule has 17 heavy (non-hydrogen) atoms. The average molecular weight is 255 g/mol. The lowest BCUT2D eigenvalue weighted by molar-refractivity contribution is 0.473. The molecular weight excluding hydrogens is 245 g/mol. The zero-order valence-corrected chi connectivity index (χ0v) is 9.56. The molecule has 2 N–H and O–H groups in total. The van der Waals surface area contributed by atoms with Crippen LogP contribution in [-0.4, -0.2) is 18.2 Å². The number of nitrogens with two attached hydrogens (primary N) is 1. The SMILES string of the molecule is NS(=O)(=O)c1ccc(-n2ccc(CF)n2)cc1. The summed E-state index contributed by atoms with van der Waals surface area (Å²) in [4.78, 5) is 0.0270. The van der Waals surface area contributed by atoms with Gasteiger partial charge in [0.05, 0.1) is 16.3 Å². The Hall–Kier alpha value is -1.73. The van der Waals surface area contributed by atoms with Gasteiger partial charge in [-0.15, -0.1) is 0 Å². The highest BCUT2D eigenvalue weighted by molar-refractivity contribution is 7.89. The monoisotopic (exact) mass is 255 g/mol. The molecule has 0 unspecified atom stereocenters. The minimum atomic E-state index is -3.69. The highest BCUT2D eigenvalue weighted by Gasteiger charge is 2.07. The number of benzene rings is 1. The van der Waals surface area contributed by atoms with E-state index in [4.69, 9.17) is 5.14 Å². The molecular formula is C10H10FN3O2S. The summed E-state index contributed by atoms with van der Waals surface area (Å²) in [6.07, 6.45) is 1.60. The molecule has 0 aliphatic carbocycles. The highest BCUT2D eigenvalue weighted by atomic mass is 32.2.